The van der Waals surface area contributed by atoms with Gasteiger partial charge in [-0.05, 0) is 25.0 Å². The molecule has 0 saturated heterocycles. The van der Waals surface area contributed by atoms with E-state index in [-0.39, 0.29) is 11.8 Å². The first-order valence-electron chi connectivity index (χ1n) is 6.60. The Morgan fingerprint density at radius 3 is 3.11 bits per heavy atom. The van der Waals surface area contributed by atoms with Gasteiger partial charge in [0.1, 0.15) is 5.82 Å². The molecule has 4 nitrogen and oxygen atoms in total. The van der Waals surface area contributed by atoms with Crippen LogP contribution in [0, 0.1) is 12.8 Å². The number of carbonyl (C=O) groups excluding carboxylic acids is 1. The molecule has 19 heavy (non-hydrogen) atoms. The molecule has 0 saturated carbocycles. The SMILES string of the molecule is Cc1ccccc1NC(=O)C1CCn2ccnc2C1. The monoisotopic (exact) mass is 255 g/mol. The summed E-state index contributed by atoms with van der Waals surface area (Å²) in [6.45, 7) is 2.88. The maximum atomic E-state index is 12.3. The van der Waals surface area contributed by atoms with E-state index < -0.39 is 0 Å². The number of rotatable bonds is 2. The summed E-state index contributed by atoms with van der Waals surface area (Å²) < 4.78 is 2.12. The lowest BCUT2D eigenvalue weighted by Crippen LogP contribution is -2.30. The van der Waals surface area contributed by atoms with Crippen molar-refractivity contribution >= 4 is 11.6 Å². The van der Waals surface area contributed by atoms with E-state index in [9.17, 15) is 4.79 Å². The number of amides is 1. The number of fused-ring (bicyclic) bond motifs is 1. The fourth-order valence-electron chi connectivity index (χ4n) is 2.52. The molecule has 4 heteroatoms. The second kappa shape index (κ2) is 4.88. The molecule has 0 aliphatic carbocycles. The Morgan fingerprint density at radius 1 is 1.42 bits per heavy atom. The molecule has 1 amide bonds. The van der Waals surface area contributed by atoms with E-state index in [0.717, 1.165) is 36.5 Å². The fourth-order valence-corrected chi connectivity index (χ4v) is 2.52. The highest BCUT2D eigenvalue weighted by atomic mass is 16.1. The summed E-state index contributed by atoms with van der Waals surface area (Å²) in [5.41, 5.74) is 1.99. The van der Waals surface area contributed by atoms with Crippen molar-refractivity contribution < 1.29 is 4.79 Å². The fraction of sp³-hybridized carbons (Fsp3) is 0.333. The van der Waals surface area contributed by atoms with Gasteiger partial charge < -0.3 is 9.88 Å². The van der Waals surface area contributed by atoms with Crippen molar-refractivity contribution in [3.8, 4) is 0 Å². The second-order valence-corrected chi connectivity index (χ2v) is 5.03. The van der Waals surface area contributed by atoms with Crippen LogP contribution in [0.2, 0.25) is 0 Å². The highest BCUT2D eigenvalue weighted by Crippen LogP contribution is 2.22. The summed E-state index contributed by atoms with van der Waals surface area (Å²) in [5, 5.41) is 3.03. The average molecular weight is 255 g/mol. The predicted octanol–water partition coefficient (Wildman–Crippen LogP) is 2.39. The van der Waals surface area contributed by atoms with Crippen LogP contribution in [0.5, 0.6) is 0 Å². The van der Waals surface area contributed by atoms with Gasteiger partial charge in [0.05, 0.1) is 0 Å². The van der Waals surface area contributed by atoms with E-state index in [1.165, 1.54) is 0 Å². The van der Waals surface area contributed by atoms with Gasteiger partial charge in [0.15, 0.2) is 0 Å². The molecule has 1 unspecified atom stereocenters. The van der Waals surface area contributed by atoms with Crippen molar-refractivity contribution in [2.75, 3.05) is 5.32 Å². The zero-order valence-corrected chi connectivity index (χ0v) is 11.0. The molecule has 1 N–H and O–H groups in total. The Hall–Kier alpha value is -2.10. The van der Waals surface area contributed by atoms with Crippen LogP contribution < -0.4 is 5.32 Å². The molecule has 0 fully saturated rings. The van der Waals surface area contributed by atoms with Gasteiger partial charge in [-0.25, -0.2) is 4.98 Å². The number of carbonyl (C=O) groups is 1. The van der Waals surface area contributed by atoms with Gasteiger partial charge in [0.2, 0.25) is 5.91 Å². The van der Waals surface area contributed by atoms with Gasteiger partial charge in [-0.2, -0.15) is 0 Å². The Labute approximate surface area is 112 Å². The number of para-hydroxylation sites is 1. The van der Waals surface area contributed by atoms with Gasteiger partial charge >= 0.3 is 0 Å². The first kappa shape index (κ1) is 12.0. The molecule has 1 aromatic carbocycles. The average Bonchev–Trinajstić information content (AvgIpc) is 2.88. The molecule has 3 rings (SSSR count). The highest BCUT2D eigenvalue weighted by molar-refractivity contribution is 5.93. The van der Waals surface area contributed by atoms with Crippen molar-refractivity contribution in [3.05, 3.63) is 48.0 Å². The van der Waals surface area contributed by atoms with E-state index in [0.29, 0.717) is 0 Å². The van der Waals surface area contributed by atoms with E-state index >= 15 is 0 Å². The Kier molecular flexibility index (Phi) is 3.07. The minimum absolute atomic E-state index is 0.0227. The third-order valence-electron chi connectivity index (χ3n) is 3.72. The third-order valence-corrected chi connectivity index (χ3v) is 3.72. The molecule has 1 aliphatic heterocycles. The minimum atomic E-state index is 0.0227. The van der Waals surface area contributed by atoms with E-state index in [1.807, 2.05) is 37.4 Å². The standard InChI is InChI=1S/C15H17N3O/c1-11-4-2-3-5-13(11)17-15(19)12-6-8-18-9-7-16-14(18)10-12/h2-5,7,9,12H,6,8,10H2,1H3,(H,17,19). The predicted molar refractivity (Wildman–Crippen MR) is 73.8 cm³/mol. The summed E-state index contributed by atoms with van der Waals surface area (Å²) in [7, 11) is 0. The van der Waals surface area contributed by atoms with Crippen LogP contribution >= 0.6 is 0 Å². The first-order chi connectivity index (χ1) is 9.24. The van der Waals surface area contributed by atoms with E-state index in [2.05, 4.69) is 14.9 Å². The second-order valence-electron chi connectivity index (χ2n) is 5.03. The zero-order valence-electron chi connectivity index (χ0n) is 11.0. The zero-order chi connectivity index (χ0) is 13.2. The van der Waals surface area contributed by atoms with Crippen LogP contribution in [-0.2, 0) is 17.8 Å². The van der Waals surface area contributed by atoms with Crippen molar-refractivity contribution in [3.63, 3.8) is 0 Å². The number of benzene rings is 1. The summed E-state index contributed by atoms with van der Waals surface area (Å²) in [6.07, 6.45) is 5.38. The Bertz CT molecular complexity index is 603. The van der Waals surface area contributed by atoms with Crippen LogP contribution in [0.1, 0.15) is 17.8 Å². The lowest BCUT2D eigenvalue weighted by atomic mass is 9.96. The van der Waals surface area contributed by atoms with E-state index in [4.69, 9.17) is 0 Å². The number of hydrogen-bond donors (Lipinski definition) is 1. The van der Waals surface area contributed by atoms with Crippen LogP contribution in [0.15, 0.2) is 36.7 Å². The van der Waals surface area contributed by atoms with Crippen molar-refractivity contribution in [2.45, 2.75) is 26.3 Å². The number of imidazole rings is 1. The topological polar surface area (TPSA) is 46.9 Å². The molecular weight excluding hydrogens is 238 g/mol. The lowest BCUT2D eigenvalue weighted by molar-refractivity contribution is -0.120. The minimum Gasteiger partial charge on any atom is -0.335 e. The van der Waals surface area contributed by atoms with Gasteiger partial charge in [0.25, 0.3) is 0 Å². The number of nitrogens with zero attached hydrogens (tertiary/aromatic N) is 2. The molecule has 1 aromatic heterocycles. The quantitative estimate of drug-likeness (QED) is 0.895. The summed E-state index contributed by atoms with van der Waals surface area (Å²) >= 11 is 0. The number of aromatic nitrogens is 2. The molecule has 0 spiro atoms. The van der Waals surface area contributed by atoms with Crippen molar-refractivity contribution in [1.29, 1.82) is 0 Å². The van der Waals surface area contributed by atoms with E-state index in [1.54, 1.807) is 6.20 Å². The van der Waals surface area contributed by atoms with Crippen LogP contribution in [0.25, 0.3) is 0 Å². The smallest absolute Gasteiger partial charge is 0.228 e. The van der Waals surface area contributed by atoms with Crippen LogP contribution in [0.4, 0.5) is 5.69 Å². The lowest BCUT2D eigenvalue weighted by Gasteiger charge is -2.22. The third kappa shape index (κ3) is 2.38. The largest absolute Gasteiger partial charge is 0.335 e. The number of hydrogen-bond acceptors (Lipinski definition) is 2. The van der Waals surface area contributed by atoms with Crippen molar-refractivity contribution in [1.82, 2.24) is 9.55 Å². The molecular formula is C15H17N3O. The maximum Gasteiger partial charge on any atom is 0.228 e. The number of aryl methyl sites for hydroxylation is 2. The molecule has 98 valence electrons. The highest BCUT2D eigenvalue weighted by Gasteiger charge is 2.25. The van der Waals surface area contributed by atoms with Gasteiger partial charge in [-0.15, -0.1) is 0 Å². The van der Waals surface area contributed by atoms with Gasteiger partial charge in [0, 0.05) is 37.0 Å². The van der Waals surface area contributed by atoms with Gasteiger partial charge in [-0.3, -0.25) is 4.79 Å². The maximum absolute atomic E-state index is 12.3. The molecule has 0 radical (unpaired) electrons. The summed E-state index contributed by atoms with van der Waals surface area (Å²) in [6, 6.07) is 7.86. The normalized spacial score (nSPS) is 17.8. The van der Waals surface area contributed by atoms with Crippen LogP contribution in [0.3, 0.4) is 0 Å². The van der Waals surface area contributed by atoms with Crippen LogP contribution in [-0.4, -0.2) is 15.5 Å². The van der Waals surface area contributed by atoms with Crippen molar-refractivity contribution in [2.24, 2.45) is 5.92 Å². The van der Waals surface area contributed by atoms with Gasteiger partial charge in [-0.1, -0.05) is 18.2 Å². The Balaban J connectivity index is 1.71. The molecule has 0 bridgehead atoms. The number of anilines is 1. The molecule has 2 heterocycles. The first-order valence-corrected chi connectivity index (χ1v) is 6.60. The summed E-state index contributed by atoms with van der Waals surface area (Å²) in [4.78, 5) is 16.6. The summed E-state index contributed by atoms with van der Waals surface area (Å²) in [5.74, 6) is 1.13. The molecule has 1 aliphatic rings. The molecule has 1 atom stereocenters. The Morgan fingerprint density at radius 2 is 2.26 bits per heavy atom. The number of nitrogens with one attached hydrogen (secondary N) is 1. The molecule has 2 aromatic rings.